The van der Waals surface area contributed by atoms with Crippen molar-refractivity contribution < 1.29 is 9.26 Å². The molecule has 1 aliphatic rings. The zero-order valence-electron chi connectivity index (χ0n) is 8.59. The lowest BCUT2D eigenvalue weighted by atomic mass is 10.0. The van der Waals surface area contributed by atoms with E-state index in [1.54, 1.807) is 0 Å². The monoisotopic (exact) mass is 217 g/mol. The summed E-state index contributed by atoms with van der Waals surface area (Å²) in [5.74, 6) is 1.45. The molecule has 0 saturated carbocycles. The summed E-state index contributed by atoms with van der Waals surface area (Å²) in [6, 6.07) is 5.58. The number of aromatic nitrogens is 2. The van der Waals surface area contributed by atoms with Crippen LogP contribution in [-0.4, -0.2) is 16.7 Å². The van der Waals surface area contributed by atoms with Gasteiger partial charge in [0.25, 0.3) is 0 Å². The average Bonchev–Trinajstić information content (AvgIpc) is 2.98. The van der Waals surface area contributed by atoms with Crippen LogP contribution in [0.4, 0.5) is 0 Å². The van der Waals surface area contributed by atoms with E-state index in [0.717, 1.165) is 24.3 Å². The molecular weight excluding hydrogens is 206 g/mol. The molecule has 5 nitrogen and oxygen atoms in total. The largest absolute Gasteiger partial charge is 0.493 e. The number of nitrogens with zero attached hydrogens (tertiary/aromatic N) is 2. The van der Waals surface area contributed by atoms with Gasteiger partial charge in [-0.15, -0.1) is 0 Å². The van der Waals surface area contributed by atoms with Crippen molar-refractivity contribution in [2.24, 2.45) is 5.73 Å². The van der Waals surface area contributed by atoms with Gasteiger partial charge in [-0.1, -0.05) is 11.2 Å². The summed E-state index contributed by atoms with van der Waals surface area (Å²) in [7, 11) is 0. The van der Waals surface area contributed by atoms with E-state index in [1.807, 2.05) is 18.2 Å². The number of hydrogen-bond donors (Lipinski definition) is 1. The second-order valence-corrected chi connectivity index (χ2v) is 3.73. The Labute approximate surface area is 92.2 Å². The molecule has 0 fully saturated rings. The Hall–Kier alpha value is -1.88. The predicted octanol–water partition coefficient (Wildman–Crippen LogP) is 1.05. The van der Waals surface area contributed by atoms with Crippen molar-refractivity contribution in [2.45, 2.75) is 12.5 Å². The minimum absolute atomic E-state index is 0.343. The third-order valence-electron chi connectivity index (χ3n) is 2.73. The Kier molecular flexibility index (Phi) is 2.11. The van der Waals surface area contributed by atoms with Crippen LogP contribution in [0.5, 0.6) is 5.75 Å². The highest BCUT2D eigenvalue weighted by atomic mass is 16.5. The minimum Gasteiger partial charge on any atom is -0.493 e. The van der Waals surface area contributed by atoms with Gasteiger partial charge >= 0.3 is 0 Å². The molecule has 1 aromatic heterocycles. The van der Waals surface area contributed by atoms with E-state index in [9.17, 15) is 0 Å². The van der Waals surface area contributed by atoms with Gasteiger partial charge < -0.3 is 15.0 Å². The molecule has 0 bridgehead atoms. The quantitative estimate of drug-likeness (QED) is 0.813. The molecule has 0 amide bonds. The average molecular weight is 217 g/mol. The minimum atomic E-state index is -0.343. The molecule has 2 aromatic rings. The van der Waals surface area contributed by atoms with Crippen molar-refractivity contribution in [3.05, 3.63) is 41.5 Å². The Morgan fingerprint density at radius 2 is 2.31 bits per heavy atom. The first-order chi connectivity index (χ1) is 7.84. The van der Waals surface area contributed by atoms with Crippen LogP contribution in [-0.2, 0) is 6.42 Å². The third kappa shape index (κ3) is 1.45. The molecule has 1 atom stereocenters. The van der Waals surface area contributed by atoms with E-state index in [1.165, 1.54) is 12.0 Å². The standard InChI is InChI=1S/C11H11N3O2/c12-10(11-13-6-16-14-11)8-1-2-9-7(5-8)3-4-15-9/h1-2,5-6,10H,3-4,12H2. The zero-order chi connectivity index (χ0) is 11.0. The fraction of sp³-hybridized carbons (Fsp3) is 0.273. The smallest absolute Gasteiger partial charge is 0.213 e. The van der Waals surface area contributed by atoms with Crippen molar-refractivity contribution in [3.63, 3.8) is 0 Å². The maximum Gasteiger partial charge on any atom is 0.213 e. The highest BCUT2D eigenvalue weighted by Crippen LogP contribution is 2.28. The summed E-state index contributed by atoms with van der Waals surface area (Å²) < 4.78 is 10.1. The topological polar surface area (TPSA) is 74.2 Å². The molecule has 82 valence electrons. The van der Waals surface area contributed by atoms with Gasteiger partial charge in [0.05, 0.1) is 12.6 Å². The van der Waals surface area contributed by atoms with Crippen LogP contribution in [0.3, 0.4) is 0 Å². The van der Waals surface area contributed by atoms with E-state index >= 15 is 0 Å². The fourth-order valence-corrected chi connectivity index (χ4v) is 1.86. The third-order valence-corrected chi connectivity index (χ3v) is 2.73. The molecule has 2 N–H and O–H groups in total. The van der Waals surface area contributed by atoms with Crippen molar-refractivity contribution in [2.75, 3.05) is 6.61 Å². The van der Waals surface area contributed by atoms with Gasteiger partial charge in [0.2, 0.25) is 6.39 Å². The highest BCUT2D eigenvalue weighted by Gasteiger charge is 2.17. The van der Waals surface area contributed by atoms with Crippen LogP contribution in [0.15, 0.2) is 29.1 Å². The van der Waals surface area contributed by atoms with E-state index in [-0.39, 0.29) is 6.04 Å². The van der Waals surface area contributed by atoms with E-state index in [0.29, 0.717) is 5.82 Å². The number of fused-ring (bicyclic) bond motifs is 1. The first-order valence-electron chi connectivity index (χ1n) is 5.12. The molecule has 3 rings (SSSR count). The van der Waals surface area contributed by atoms with Crippen LogP contribution in [0.2, 0.25) is 0 Å². The molecule has 0 spiro atoms. The van der Waals surface area contributed by atoms with Gasteiger partial charge in [0.15, 0.2) is 5.82 Å². The molecule has 1 unspecified atom stereocenters. The summed E-state index contributed by atoms with van der Waals surface area (Å²) in [5.41, 5.74) is 8.20. The number of rotatable bonds is 2. The summed E-state index contributed by atoms with van der Waals surface area (Å²) in [6.45, 7) is 0.746. The second kappa shape index (κ2) is 3.61. The molecule has 1 aromatic carbocycles. The van der Waals surface area contributed by atoms with Crippen molar-refractivity contribution in [1.82, 2.24) is 10.1 Å². The van der Waals surface area contributed by atoms with Gasteiger partial charge in [-0.25, -0.2) is 0 Å². The van der Waals surface area contributed by atoms with Crippen LogP contribution in [0, 0.1) is 0 Å². The summed E-state index contributed by atoms with van der Waals surface area (Å²) in [5, 5.41) is 3.74. The Bertz CT molecular complexity index is 496. The Morgan fingerprint density at radius 1 is 1.38 bits per heavy atom. The number of benzene rings is 1. The maximum absolute atomic E-state index is 6.03. The second-order valence-electron chi connectivity index (χ2n) is 3.73. The Morgan fingerprint density at radius 3 is 3.12 bits per heavy atom. The lowest BCUT2D eigenvalue weighted by Gasteiger charge is -2.08. The SMILES string of the molecule is NC(c1ccc2c(c1)CCO2)c1ncon1. The molecule has 0 saturated heterocycles. The molecule has 5 heteroatoms. The fourth-order valence-electron chi connectivity index (χ4n) is 1.86. The number of nitrogens with two attached hydrogens (primary N) is 1. The van der Waals surface area contributed by atoms with Crippen molar-refractivity contribution in [3.8, 4) is 5.75 Å². The van der Waals surface area contributed by atoms with Crippen LogP contribution in [0.1, 0.15) is 23.0 Å². The van der Waals surface area contributed by atoms with Crippen molar-refractivity contribution in [1.29, 1.82) is 0 Å². The molecule has 1 aliphatic heterocycles. The Balaban J connectivity index is 1.95. The summed E-state index contributed by atoms with van der Waals surface area (Å²) in [4.78, 5) is 3.95. The van der Waals surface area contributed by atoms with Crippen LogP contribution in [0.25, 0.3) is 0 Å². The van der Waals surface area contributed by atoms with Crippen LogP contribution >= 0.6 is 0 Å². The molecule has 16 heavy (non-hydrogen) atoms. The lowest BCUT2D eigenvalue weighted by molar-refractivity contribution is 0.357. The van der Waals surface area contributed by atoms with Gasteiger partial charge in [-0.3, -0.25) is 0 Å². The normalized spacial score (nSPS) is 15.6. The van der Waals surface area contributed by atoms with Gasteiger partial charge in [0.1, 0.15) is 5.75 Å². The molecular formula is C11H11N3O2. The zero-order valence-corrected chi connectivity index (χ0v) is 8.59. The summed E-state index contributed by atoms with van der Waals surface area (Å²) >= 11 is 0. The summed E-state index contributed by atoms with van der Waals surface area (Å²) in [6.07, 6.45) is 2.22. The van der Waals surface area contributed by atoms with E-state index in [2.05, 4.69) is 14.7 Å². The first-order valence-corrected chi connectivity index (χ1v) is 5.12. The maximum atomic E-state index is 6.03. The molecule has 0 aliphatic carbocycles. The molecule has 2 heterocycles. The van der Waals surface area contributed by atoms with E-state index in [4.69, 9.17) is 10.5 Å². The molecule has 0 radical (unpaired) electrons. The predicted molar refractivity (Wildman–Crippen MR) is 56.0 cm³/mol. The van der Waals surface area contributed by atoms with Crippen LogP contribution < -0.4 is 10.5 Å². The van der Waals surface area contributed by atoms with Gasteiger partial charge in [0, 0.05) is 6.42 Å². The van der Waals surface area contributed by atoms with E-state index < -0.39 is 0 Å². The van der Waals surface area contributed by atoms with Gasteiger partial charge in [-0.2, -0.15) is 4.98 Å². The first kappa shape index (κ1) is 9.35. The number of hydrogen-bond acceptors (Lipinski definition) is 5. The van der Waals surface area contributed by atoms with Crippen molar-refractivity contribution >= 4 is 0 Å². The lowest BCUT2D eigenvalue weighted by Crippen LogP contribution is -2.13. The number of ether oxygens (including phenoxy) is 1. The van der Waals surface area contributed by atoms with Gasteiger partial charge in [-0.05, 0) is 23.3 Å². The highest BCUT2D eigenvalue weighted by molar-refractivity contribution is 5.41.